The van der Waals surface area contributed by atoms with Crippen LogP contribution in [0.5, 0.6) is 11.6 Å². The molecule has 0 fully saturated rings. The number of nitrogen functional groups attached to an aromatic ring is 1. The molecule has 5 rings (SSSR count). The van der Waals surface area contributed by atoms with Crippen molar-refractivity contribution in [3.63, 3.8) is 0 Å². The van der Waals surface area contributed by atoms with Crippen LogP contribution in [0, 0.1) is 0 Å². The fraction of sp³-hybridized carbons (Fsp3) is 0.174. The van der Waals surface area contributed by atoms with Crippen LogP contribution in [0.15, 0.2) is 54.7 Å². The number of phenolic OH excluding ortho intramolecular Hbond substituents is 1. The number of urea groups is 1. The lowest BCUT2D eigenvalue weighted by Crippen LogP contribution is -2.45. The molecule has 0 bridgehead atoms. The average Bonchev–Trinajstić information content (AvgIpc) is 3.18. The zero-order valence-electron chi connectivity index (χ0n) is 18.0. The molecule has 0 spiro atoms. The number of aromatic hydroxyl groups is 1. The number of aryl methyl sites for hydroxylation is 1. The van der Waals surface area contributed by atoms with Gasteiger partial charge >= 0.3 is 6.03 Å². The highest BCUT2D eigenvalue weighted by atomic mass is 19.3. The maximum atomic E-state index is 13.7. The summed E-state index contributed by atoms with van der Waals surface area (Å²) in [5, 5.41) is 15.1. The molecule has 9 nitrogen and oxygen atoms in total. The van der Waals surface area contributed by atoms with Crippen LogP contribution >= 0.6 is 0 Å². The monoisotopic (exact) mass is 466 g/mol. The van der Waals surface area contributed by atoms with E-state index in [1.54, 1.807) is 21.7 Å². The second-order valence-corrected chi connectivity index (χ2v) is 7.83. The normalized spacial score (nSPS) is 13.6. The minimum absolute atomic E-state index is 0.0335. The van der Waals surface area contributed by atoms with Gasteiger partial charge in [0.15, 0.2) is 6.61 Å². The van der Waals surface area contributed by atoms with Crippen LogP contribution in [0.1, 0.15) is 5.56 Å². The van der Waals surface area contributed by atoms with E-state index in [1.165, 1.54) is 29.2 Å². The van der Waals surface area contributed by atoms with Crippen molar-refractivity contribution in [3.8, 4) is 11.6 Å². The van der Waals surface area contributed by atoms with E-state index in [-0.39, 0.29) is 29.7 Å². The third-order valence-corrected chi connectivity index (χ3v) is 5.43. The number of hydrogen-bond acceptors (Lipinski definition) is 6. The molecular weight excluding hydrogens is 446 g/mol. The van der Waals surface area contributed by atoms with E-state index in [0.717, 1.165) is 10.9 Å². The highest BCUT2D eigenvalue weighted by Crippen LogP contribution is 2.39. The van der Waals surface area contributed by atoms with Gasteiger partial charge in [-0.05, 0) is 42.5 Å². The number of ether oxygens (including phenoxy) is 1. The fourth-order valence-corrected chi connectivity index (χ4v) is 3.87. The number of amides is 2. The number of benzene rings is 2. The first-order valence-corrected chi connectivity index (χ1v) is 10.3. The highest BCUT2D eigenvalue weighted by Gasteiger charge is 2.34. The average molecular weight is 466 g/mol. The number of rotatable bonds is 5. The van der Waals surface area contributed by atoms with Crippen LogP contribution in [0.3, 0.4) is 0 Å². The van der Waals surface area contributed by atoms with Crippen LogP contribution in [0.2, 0.25) is 0 Å². The van der Waals surface area contributed by atoms with Gasteiger partial charge in [0.05, 0.1) is 23.4 Å². The fourth-order valence-electron chi connectivity index (χ4n) is 3.87. The van der Waals surface area contributed by atoms with Crippen molar-refractivity contribution in [3.05, 3.63) is 60.3 Å². The minimum Gasteiger partial charge on any atom is -0.506 e. The predicted octanol–water partition coefficient (Wildman–Crippen LogP) is 4.18. The van der Waals surface area contributed by atoms with Crippen LogP contribution in [-0.2, 0) is 13.6 Å². The summed E-state index contributed by atoms with van der Waals surface area (Å²) < 4.78 is 32.0. The predicted molar refractivity (Wildman–Crippen MR) is 123 cm³/mol. The molecule has 3 N–H and O–H groups in total. The molecule has 0 unspecified atom stereocenters. The molecule has 2 amide bonds. The lowest BCUT2D eigenvalue weighted by Gasteiger charge is -2.36. The largest absolute Gasteiger partial charge is 0.506 e. The molecule has 1 aliphatic rings. The van der Waals surface area contributed by atoms with Gasteiger partial charge in [-0.1, -0.05) is 0 Å². The third-order valence-electron chi connectivity index (χ3n) is 5.43. The first-order chi connectivity index (χ1) is 16.3. The highest BCUT2D eigenvalue weighted by molar-refractivity contribution is 6.11. The van der Waals surface area contributed by atoms with Gasteiger partial charge in [-0.15, -0.1) is 0 Å². The molecule has 1 aliphatic heterocycles. The molecule has 3 heterocycles. The lowest BCUT2D eigenvalue weighted by molar-refractivity contribution is 0.0796. The van der Waals surface area contributed by atoms with Crippen molar-refractivity contribution < 1.29 is 23.4 Å². The maximum Gasteiger partial charge on any atom is 0.335 e. The Labute approximate surface area is 192 Å². The van der Waals surface area contributed by atoms with Crippen molar-refractivity contribution >= 4 is 39.8 Å². The molecule has 0 saturated carbocycles. The van der Waals surface area contributed by atoms with Crippen molar-refractivity contribution in [2.24, 2.45) is 7.05 Å². The van der Waals surface area contributed by atoms with E-state index >= 15 is 0 Å². The van der Waals surface area contributed by atoms with Gasteiger partial charge in [-0.3, -0.25) is 9.58 Å². The van der Waals surface area contributed by atoms with Gasteiger partial charge in [0.2, 0.25) is 5.88 Å². The molecule has 11 heteroatoms. The Bertz CT molecular complexity index is 1410. The number of hydrogen-bond donors (Lipinski definition) is 2. The second-order valence-electron chi connectivity index (χ2n) is 7.83. The van der Waals surface area contributed by atoms with Gasteiger partial charge in [0, 0.05) is 35.9 Å². The molecule has 4 aromatic rings. The Balaban J connectivity index is 1.61. The summed E-state index contributed by atoms with van der Waals surface area (Å²) >= 11 is 0. The van der Waals surface area contributed by atoms with Crippen molar-refractivity contribution in [2.75, 3.05) is 22.1 Å². The van der Waals surface area contributed by atoms with Gasteiger partial charge in [0.1, 0.15) is 11.6 Å². The number of carbonyl (C=O) groups is 1. The zero-order chi connectivity index (χ0) is 24.0. The van der Waals surface area contributed by atoms with Crippen molar-refractivity contribution in [2.45, 2.75) is 13.0 Å². The number of nitrogens with two attached hydrogens (primary N) is 1. The Kier molecular flexibility index (Phi) is 5.16. The SMILES string of the molecule is Cn1cc2cc(N3Cc4ccc(OCC(F)F)nc4N(c4ccc(O)c(N)c4)C3=O)ccc2n1. The van der Waals surface area contributed by atoms with Crippen molar-refractivity contribution in [1.29, 1.82) is 0 Å². The van der Waals surface area contributed by atoms with E-state index in [0.29, 0.717) is 16.9 Å². The Morgan fingerprint density at radius 3 is 2.71 bits per heavy atom. The number of pyridine rings is 1. The number of halogens is 2. The molecule has 2 aromatic heterocycles. The van der Waals surface area contributed by atoms with E-state index < -0.39 is 19.1 Å². The van der Waals surface area contributed by atoms with Gasteiger partial charge in [0.25, 0.3) is 6.43 Å². The van der Waals surface area contributed by atoms with E-state index in [9.17, 15) is 18.7 Å². The van der Waals surface area contributed by atoms with E-state index in [4.69, 9.17) is 10.5 Å². The maximum absolute atomic E-state index is 13.7. The zero-order valence-corrected chi connectivity index (χ0v) is 18.0. The van der Waals surface area contributed by atoms with E-state index in [2.05, 4.69) is 10.1 Å². The van der Waals surface area contributed by atoms with Crippen molar-refractivity contribution in [1.82, 2.24) is 14.8 Å². The third kappa shape index (κ3) is 3.81. The standard InChI is InChI=1S/C23H20F2N6O3/c1-29-10-14-8-15(3-5-18(14)28-29)30-11-13-2-7-21(34-12-20(24)25)27-22(13)31(23(30)33)16-4-6-19(32)17(26)9-16/h2-10,20,32H,11-12,26H2,1H3. The summed E-state index contributed by atoms with van der Waals surface area (Å²) in [6.45, 7) is -0.616. The van der Waals surface area contributed by atoms with Crippen LogP contribution in [0.25, 0.3) is 10.9 Å². The Morgan fingerprint density at radius 2 is 1.94 bits per heavy atom. The summed E-state index contributed by atoms with van der Waals surface area (Å²) in [6, 6.07) is 12.6. The number of carbonyl (C=O) groups excluding carboxylic acids is 1. The number of aromatic nitrogens is 3. The molecule has 0 radical (unpaired) electrons. The van der Waals surface area contributed by atoms with Crippen LogP contribution in [-0.4, -0.2) is 38.9 Å². The number of anilines is 4. The summed E-state index contributed by atoms with van der Waals surface area (Å²) in [7, 11) is 1.82. The Morgan fingerprint density at radius 1 is 1.15 bits per heavy atom. The van der Waals surface area contributed by atoms with Gasteiger partial charge in [-0.2, -0.15) is 10.1 Å². The molecule has 2 aromatic carbocycles. The molecule has 0 saturated heterocycles. The molecule has 174 valence electrons. The molecule has 0 atom stereocenters. The van der Waals surface area contributed by atoms with Gasteiger partial charge in [-0.25, -0.2) is 18.5 Å². The van der Waals surface area contributed by atoms with Crippen LogP contribution < -0.4 is 20.3 Å². The minimum atomic E-state index is -2.66. The van der Waals surface area contributed by atoms with Crippen LogP contribution in [0.4, 0.5) is 36.5 Å². The number of nitrogens with zero attached hydrogens (tertiary/aromatic N) is 5. The summed E-state index contributed by atoms with van der Waals surface area (Å²) in [6.07, 6.45) is -0.807. The van der Waals surface area contributed by atoms with E-state index in [1.807, 2.05) is 25.4 Å². The Hall–Kier alpha value is -4.41. The molecule has 34 heavy (non-hydrogen) atoms. The molecule has 0 aliphatic carbocycles. The lowest BCUT2D eigenvalue weighted by atomic mass is 10.1. The topological polar surface area (TPSA) is 110 Å². The van der Waals surface area contributed by atoms with Gasteiger partial charge < -0.3 is 15.6 Å². The smallest absolute Gasteiger partial charge is 0.335 e. The summed E-state index contributed by atoms with van der Waals surface area (Å²) in [5.41, 5.74) is 8.41. The number of fused-ring (bicyclic) bond motifs is 2. The number of phenols is 1. The summed E-state index contributed by atoms with van der Waals surface area (Å²) in [5.74, 6) is 0.0729. The number of alkyl halides is 2. The molecular formula is C23H20F2N6O3. The summed E-state index contributed by atoms with van der Waals surface area (Å²) in [4.78, 5) is 20.9. The first kappa shape index (κ1) is 21.4. The first-order valence-electron chi connectivity index (χ1n) is 10.3. The quantitative estimate of drug-likeness (QED) is 0.337. The second kappa shape index (κ2) is 8.18.